The predicted molar refractivity (Wildman–Crippen MR) is 56.5 cm³/mol. The molecule has 1 aromatic heterocycles. The van der Waals surface area contributed by atoms with Crippen LogP contribution in [-0.4, -0.2) is 11.5 Å². The first-order valence-electron chi connectivity index (χ1n) is 4.72. The van der Waals surface area contributed by atoms with Crippen molar-refractivity contribution < 1.29 is 0 Å². The quantitative estimate of drug-likeness (QED) is 0.817. The van der Waals surface area contributed by atoms with Crippen LogP contribution in [0.5, 0.6) is 0 Å². The number of pyridine rings is 1. The van der Waals surface area contributed by atoms with Gasteiger partial charge in [-0.05, 0) is 47.4 Å². The summed E-state index contributed by atoms with van der Waals surface area (Å²) in [6.07, 6.45) is 5.66. The van der Waals surface area contributed by atoms with Crippen LogP contribution in [-0.2, 0) is 0 Å². The van der Waals surface area contributed by atoms with Crippen molar-refractivity contribution in [3.05, 3.63) is 28.5 Å². The Labute approximate surface area is 86.9 Å². The molecule has 0 saturated carbocycles. The van der Waals surface area contributed by atoms with Crippen LogP contribution >= 0.6 is 15.9 Å². The summed E-state index contributed by atoms with van der Waals surface area (Å²) in [5.74, 6) is 0. The summed E-state index contributed by atoms with van der Waals surface area (Å²) in [6.45, 7) is 1.12. The molecule has 0 amide bonds. The Kier molecular flexibility index (Phi) is 2.96. The Balaban J connectivity index is 2.18. The molecule has 0 aromatic carbocycles. The first-order valence-corrected chi connectivity index (χ1v) is 5.51. The van der Waals surface area contributed by atoms with Crippen molar-refractivity contribution in [1.82, 2.24) is 10.3 Å². The third-order valence-corrected chi connectivity index (χ3v) is 3.10. The molecule has 2 heterocycles. The highest BCUT2D eigenvalue weighted by Gasteiger charge is 2.17. The Morgan fingerprint density at radius 1 is 1.46 bits per heavy atom. The van der Waals surface area contributed by atoms with Crippen molar-refractivity contribution in [2.45, 2.75) is 25.3 Å². The zero-order valence-corrected chi connectivity index (χ0v) is 9.05. The molecule has 0 bridgehead atoms. The topological polar surface area (TPSA) is 24.9 Å². The van der Waals surface area contributed by atoms with E-state index in [1.807, 2.05) is 12.3 Å². The molecule has 70 valence electrons. The van der Waals surface area contributed by atoms with E-state index in [4.69, 9.17) is 0 Å². The molecule has 1 unspecified atom stereocenters. The lowest BCUT2D eigenvalue weighted by atomic mass is 10.0. The summed E-state index contributed by atoms with van der Waals surface area (Å²) >= 11 is 3.53. The Hall–Kier alpha value is -0.410. The minimum absolute atomic E-state index is 0.448. The van der Waals surface area contributed by atoms with Crippen LogP contribution in [0.3, 0.4) is 0 Å². The van der Waals surface area contributed by atoms with Gasteiger partial charge in [0.2, 0.25) is 0 Å². The average molecular weight is 241 g/mol. The fourth-order valence-corrected chi connectivity index (χ4v) is 2.27. The number of halogens is 1. The van der Waals surface area contributed by atoms with E-state index in [0.717, 1.165) is 16.7 Å². The monoisotopic (exact) mass is 240 g/mol. The van der Waals surface area contributed by atoms with Crippen LogP contribution in [0.25, 0.3) is 0 Å². The summed E-state index contributed by atoms with van der Waals surface area (Å²) in [4.78, 5) is 4.39. The van der Waals surface area contributed by atoms with Crippen molar-refractivity contribution in [3.63, 3.8) is 0 Å². The lowest BCUT2D eigenvalue weighted by Crippen LogP contribution is -2.27. The Morgan fingerprint density at radius 2 is 2.38 bits per heavy atom. The Morgan fingerprint density at radius 3 is 3.08 bits per heavy atom. The second kappa shape index (κ2) is 4.20. The third-order valence-electron chi connectivity index (χ3n) is 2.43. The number of nitrogens with zero attached hydrogens (tertiary/aromatic N) is 1. The first kappa shape index (κ1) is 9.16. The summed E-state index contributed by atoms with van der Waals surface area (Å²) < 4.78 is 1.12. The standard InChI is InChI=1S/C10H13BrN2/c11-8-4-3-7-13-10(8)9-5-1-2-6-12-9/h3-4,7,9,12H,1-2,5-6H2. The zero-order chi connectivity index (χ0) is 9.10. The van der Waals surface area contributed by atoms with E-state index >= 15 is 0 Å². The number of rotatable bonds is 1. The molecule has 1 aliphatic rings. The van der Waals surface area contributed by atoms with E-state index in [1.54, 1.807) is 0 Å². The maximum absolute atomic E-state index is 4.39. The van der Waals surface area contributed by atoms with Crippen LogP contribution in [0.2, 0.25) is 0 Å². The highest BCUT2D eigenvalue weighted by molar-refractivity contribution is 9.10. The van der Waals surface area contributed by atoms with Crippen molar-refractivity contribution in [3.8, 4) is 0 Å². The van der Waals surface area contributed by atoms with Crippen LogP contribution in [0, 0.1) is 0 Å². The molecule has 13 heavy (non-hydrogen) atoms. The van der Waals surface area contributed by atoms with Gasteiger partial charge < -0.3 is 5.32 Å². The fourth-order valence-electron chi connectivity index (χ4n) is 1.74. The molecule has 1 fully saturated rings. The number of hydrogen-bond acceptors (Lipinski definition) is 2. The van der Waals surface area contributed by atoms with Gasteiger partial charge in [0.25, 0.3) is 0 Å². The third kappa shape index (κ3) is 2.09. The predicted octanol–water partition coefficient (Wildman–Crippen LogP) is 2.66. The molecule has 0 spiro atoms. The number of nitrogens with one attached hydrogen (secondary N) is 1. The molecule has 1 saturated heterocycles. The lowest BCUT2D eigenvalue weighted by Gasteiger charge is -2.23. The van der Waals surface area contributed by atoms with E-state index in [2.05, 4.69) is 32.3 Å². The van der Waals surface area contributed by atoms with Crippen LogP contribution in [0.4, 0.5) is 0 Å². The molecule has 3 heteroatoms. The number of piperidine rings is 1. The second-order valence-corrected chi connectivity index (χ2v) is 4.23. The van der Waals surface area contributed by atoms with E-state index in [1.165, 1.54) is 19.3 Å². The first-order chi connectivity index (χ1) is 6.38. The van der Waals surface area contributed by atoms with Gasteiger partial charge >= 0.3 is 0 Å². The van der Waals surface area contributed by atoms with Crippen molar-refractivity contribution in [2.75, 3.05) is 6.54 Å². The van der Waals surface area contributed by atoms with Gasteiger partial charge in [-0.3, -0.25) is 4.98 Å². The Bertz CT molecular complexity index is 282. The van der Waals surface area contributed by atoms with E-state index in [0.29, 0.717) is 6.04 Å². The van der Waals surface area contributed by atoms with Gasteiger partial charge in [-0.1, -0.05) is 6.42 Å². The lowest BCUT2D eigenvalue weighted by molar-refractivity contribution is 0.404. The second-order valence-electron chi connectivity index (χ2n) is 3.37. The number of hydrogen-bond donors (Lipinski definition) is 1. The summed E-state index contributed by atoms with van der Waals surface area (Å²) in [6, 6.07) is 4.46. The van der Waals surface area contributed by atoms with Crippen molar-refractivity contribution in [2.24, 2.45) is 0 Å². The molecule has 1 atom stereocenters. The summed E-state index contributed by atoms with van der Waals surface area (Å²) in [7, 11) is 0. The minimum Gasteiger partial charge on any atom is -0.309 e. The molecule has 1 aromatic rings. The van der Waals surface area contributed by atoms with Crippen LogP contribution in [0.1, 0.15) is 31.0 Å². The highest BCUT2D eigenvalue weighted by Crippen LogP contribution is 2.26. The van der Waals surface area contributed by atoms with E-state index in [9.17, 15) is 0 Å². The summed E-state index contributed by atoms with van der Waals surface area (Å²) in [5, 5.41) is 3.48. The normalized spacial score (nSPS) is 23.0. The van der Waals surface area contributed by atoms with Gasteiger partial charge in [0.15, 0.2) is 0 Å². The molecular weight excluding hydrogens is 228 g/mol. The maximum atomic E-state index is 4.39. The smallest absolute Gasteiger partial charge is 0.0714 e. The van der Waals surface area contributed by atoms with Gasteiger partial charge in [-0.15, -0.1) is 0 Å². The molecule has 0 radical (unpaired) electrons. The minimum atomic E-state index is 0.448. The van der Waals surface area contributed by atoms with E-state index < -0.39 is 0 Å². The van der Waals surface area contributed by atoms with Crippen molar-refractivity contribution >= 4 is 15.9 Å². The van der Waals surface area contributed by atoms with Gasteiger partial charge in [-0.2, -0.15) is 0 Å². The largest absolute Gasteiger partial charge is 0.309 e. The summed E-state index contributed by atoms with van der Waals surface area (Å²) in [5.41, 5.74) is 1.15. The molecule has 1 N–H and O–H groups in total. The van der Waals surface area contributed by atoms with Gasteiger partial charge in [0, 0.05) is 10.7 Å². The van der Waals surface area contributed by atoms with Gasteiger partial charge in [0.05, 0.1) is 11.7 Å². The molecule has 2 rings (SSSR count). The SMILES string of the molecule is Brc1cccnc1C1CCCCN1. The van der Waals surface area contributed by atoms with Gasteiger partial charge in [0.1, 0.15) is 0 Å². The molecule has 2 nitrogen and oxygen atoms in total. The maximum Gasteiger partial charge on any atom is 0.0714 e. The fraction of sp³-hybridized carbons (Fsp3) is 0.500. The molecule has 0 aliphatic carbocycles. The highest BCUT2D eigenvalue weighted by atomic mass is 79.9. The zero-order valence-electron chi connectivity index (χ0n) is 7.46. The molecule has 1 aliphatic heterocycles. The van der Waals surface area contributed by atoms with Crippen LogP contribution in [0.15, 0.2) is 22.8 Å². The van der Waals surface area contributed by atoms with Crippen LogP contribution < -0.4 is 5.32 Å². The van der Waals surface area contributed by atoms with E-state index in [-0.39, 0.29) is 0 Å². The van der Waals surface area contributed by atoms with Gasteiger partial charge in [-0.25, -0.2) is 0 Å². The molecular formula is C10H13BrN2. The number of aromatic nitrogens is 1. The average Bonchev–Trinajstić information content (AvgIpc) is 2.20. The van der Waals surface area contributed by atoms with Crippen molar-refractivity contribution in [1.29, 1.82) is 0 Å².